The van der Waals surface area contributed by atoms with Crippen molar-refractivity contribution < 1.29 is 8.42 Å². The second kappa shape index (κ2) is 4.05. The van der Waals surface area contributed by atoms with Crippen LogP contribution in [0.3, 0.4) is 0 Å². The zero-order valence-corrected chi connectivity index (χ0v) is 8.26. The zero-order valence-electron chi connectivity index (χ0n) is 7.45. The van der Waals surface area contributed by atoms with Crippen LogP contribution in [0.1, 0.15) is 13.3 Å². The molecule has 0 aliphatic carbocycles. The summed E-state index contributed by atoms with van der Waals surface area (Å²) in [7, 11) is -3.43. The lowest BCUT2D eigenvalue weighted by Crippen LogP contribution is -2.58. The van der Waals surface area contributed by atoms with Gasteiger partial charge in [-0.15, -0.1) is 0 Å². The highest BCUT2D eigenvalue weighted by Gasteiger charge is 2.28. The molecule has 0 radical (unpaired) electrons. The molecule has 1 fully saturated rings. The fourth-order valence-electron chi connectivity index (χ4n) is 1.07. The summed E-state index contributed by atoms with van der Waals surface area (Å²) in [5, 5.41) is 10.6. The van der Waals surface area contributed by atoms with E-state index in [4.69, 9.17) is 5.26 Å². The van der Waals surface area contributed by atoms with E-state index in [2.05, 4.69) is 10.0 Å². The van der Waals surface area contributed by atoms with Gasteiger partial charge in [0.15, 0.2) is 5.25 Å². The summed E-state index contributed by atoms with van der Waals surface area (Å²) in [6.45, 7) is 2.99. The third-order valence-electron chi connectivity index (χ3n) is 2.00. The summed E-state index contributed by atoms with van der Waals surface area (Å²) in [6, 6.07) is 1.74. The molecule has 13 heavy (non-hydrogen) atoms. The monoisotopic (exact) mass is 203 g/mol. The van der Waals surface area contributed by atoms with Gasteiger partial charge in [0.2, 0.25) is 10.0 Å². The highest BCUT2D eigenvalue weighted by Crippen LogP contribution is 2.05. The SMILES string of the molecule is CCC(C#N)S(=O)(=O)NC1CNC1. The number of rotatable bonds is 4. The van der Waals surface area contributed by atoms with E-state index in [1.807, 2.05) is 0 Å². The number of hydrogen-bond donors (Lipinski definition) is 2. The van der Waals surface area contributed by atoms with Gasteiger partial charge in [0, 0.05) is 19.1 Å². The quantitative estimate of drug-likeness (QED) is 0.625. The first kappa shape index (κ1) is 10.4. The molecule has 6 heteroatoms. The first-order chi connectivity index (χ1) is 6.10. The Bertz CT molecular complexity index is 302. The van der Waals surface area contributed by atoms with Gasteiger partial charge < -0.3 is 5.32 Å². The zero-order chi connectivity index (χ0) is 9.90. The van der Waals surface area contributed by atoms with E-state index >= 15 is 0 Å². The third-order valence-corrected chi connectivity index (χ3v) is 3.85. The van der Waals surface area contributed by atoms with Crippen LogP contribution in [-0.2, 0) is 10.0 Å². The topological polar surface area (TPSA) is 82.0 Å². The van der Waals surface area contributed by atoms with Crippen molar-refractivity contribution in [2.75, 3.05) is 13.1 Å². The highest BCUT2D eigenvalue weighted by atomic mass is 32.2. The van der Waals surface area contributed by atoms with Crippen LogP contribution in [0.25, 0.3) is 0 Å². The Morgan fingerprint density at radius 1 is 1.69 bits per heavy atom. The van der Waals surface area contributed by atoms with Crippen molar-refractivity contribution in [2.45, 2.75) is 24.6 Å². The maximum atomic E-state index is 11.4. The smallest absolute Gasteiger partial charge is 0.228 e. The summed E-state index contributed by atoms with van der Waals surface area (Å²) in [4.78, 5) is 0. The Labute approximate surface area is 78.2 Å². The minimum Gasteiger partial charge on any atom is -0.313 e. The van der Waals surface area contributed by atoms with Crippen molar-refractivity contribution >= 4 is 10.0 Å². The molecular weight excluding hydrogens is 190 g/mol. The first-order valence-corrected chi connectivity index (χ1v) is 5.76. The first-order valence-electron chi connectivity index (χ1n) is 4.21. The van der Waals surface area contributed by atoms with Gasteiger partial charge in [0.05, 0.1) is 6.07 Å². The van der Waals surface area contributed by atoms with Crippen LogP contribution in [-0.4, -0.2) is 32.8 Å². The number of nitrogens with one attached hydrogen (secondary N) is 2. The van der Waals surface area contributed by atoms with Crippen LogP contribution < -0.4 is 10.0 Å². The Kier molecular flexibility index (Phi) is 3.25. The van der Waals surface area contributed by atoms with Crippen molar-refractivity contribution in [1.82, 2.24) is 10.0 Å². The van der Waals surface area contributed by atoms with Gasteiger partial charge >= 0.3 is 0 Å². The van der Waals surface area contributed by atoms with Crippen molar-refractivity contribution in [3.8, 4) is 6.07 Å². The third kappa shape index (κ3) is 2.40. The fourth-order valence-corrected chi connectivity index (χ4v) is 2.44. The summed E-state index contributed by atoms with van der Waals surface area (Å²) in [5.41, 5.74) is 0. The normalized spacial score (nSPS) is 20.3. The number of nitriles is 1. The lowest BCUT2D eigenvalue weighted by molar-refractivity contribution is 0.409. The second-order valence-corrected chi connectivity index (χ2v) is 4.94. The highest BCUT2D eigenvalue weighted by molar-refractivity contribution is 7.90. The molecule has 1 atom stereocenters. The molecule has 0 amide bonds. The van der Waals surface area contributed by atoms with Crippen molar-refractivity contribution in [3.05, 3.63) is 0 Å². The van der Waals surface area contributed by atoms with Crippen molar-refractivity contribution in [3.63, 3.8) is 0 Å². The molecule has 0 aromatic carbocycles. The maximum Gasteiger partial charge on any atom is 0.228 e. The van der Waals surface area contributed by atoms with E-state index in [0.29, 0.717) is 19.5 Å². The van der Waals surface area contributed by atoms with E-state index in [-0.39, 0.29) is 6.04 Å². The fraction of sp³-hybridized carbons (Fsp3) is 0.857. The van der Waals surface area contributed by atoms with Gasteiger partial charge in [-0.25, -0.2) is 13.1 Å². The Morgan fingerprint density at radius 2 is 2.31 bits per heavy atom. The van der Waals surface area contributed by atoms with Gasteiger partial charge in [-0.1, -0.05) is 6.92 Å². The molecular formula is C7H13N3O2S. The molecule has 0 saturated carbocycles. The van der Waals surface area contributed by atoms with Crippen LogP contribution in [0, 0.1) is 11.3 Å². The average Bonchev–Trinajstić information content (AvgIpc) is 1.99. The minimum absolute atomic E-state index is 0.0348. The summed E-state index contributed by atoms with van der Waals surface area (Å²) in [5.74, 6) is 0. The molecule has 5 nitrogen and oxygen atoms in total. The second-order valence-electron chi connectivity index (χ2n) is 3.04. The van der Waals surface area contributed by atoms with Crippen LogP contribution in [0.4, 0.5) is 0 Å². The molecule has 1 saturated heterocycles. The maximum absolute atomic E-state index is 11.4. The van der Waals surface area contributed by atoms with E-state index < -0.39 is 15.3 Å². The van der Waals surface area contributed by atoms with Crippen LogP contribution >= 0.6 is 0 Å². The Balaban J connectivity index is 2.59. The summed E-state index contributed by atoms with van der Waals surface area (Å²) < 4.78 is 25.4. The molecule has 2 N–H and O–H groups in total. The van der Waals surface area contributed by atoms with Gasteiger partial charge in [0.25, 0.3) is 0 Å². The Hall–Kier alpha value is -0.640. The molecule has 1 unspecified atom stereocenters. The van der Waals surface area contributed by atoms with Gasteiger partial charge in [-0.2, -0.15) is 5.26 Å². The van der Waals surface area contributed by atoms with Crippen LogP contribution in [0.15, 0.2) is 0 Å². The molecule has 74 valence electrons. The van der Waals surface area contributed by atoms with Crippen molar-refractivity contribution in [1.29, 1.82) is 5.26 Å². The van der Waals surface area contributed by atoms with Gasteiger partial charge in [0.1, 0.15) is 0 Å². The molecule has 1 aliphatic heterocycles. The predicted molar refractivity (Wildman–Crippen MR) is 48.4 cm³/mol. The van der Waals surface area contributed by atoms with E-state index in [1.54, 1.807) is 13.0 Å². The molecule has 0 bridgehead atoms. The standard InChI is InChI=1S/C7H13N3O2S/c1-2-7(3-8)13(11,12)10-6-4-9-5-6/h6-7,9-10H,2,4-5H2,1H3. The van der Waals surface area contributed by atoms with Crippen molar-refractivity contribution in [2.24, 2.45) is 0 Å². The Morgan fingerprint density at radius 3 is 2.62 bits per heavy atom. The van der Waals surface area contributed by atoms with E-state index in [0.717, 1.165) is 0 Å². The van der Waals surface area contributed by atoms with Gasteiger partial charge in [-0.05, 0) is 6.42 Å². The molecule has 0 spiro atoms. The average molecular weight is 203 g/mol. The number of hydrogen-bond acceptors (Lipinski definition) is 4. The van der Waals surface area contributed by atoms with Gasteiger partial charge in [-0.3, -0.25) is 0 Å². The lowest BCUT2D eigenvalue weighted by Gasteiger charge is -2.28. The van der Waals surface area contributed by atoms with Crippen LogP contribution in [0.5, 0.6) is 0 Å². The van der Waals surface area contributed by atoms with E-state index in [9.17, 15) is 8.42 Å². The largest absolute Gasteiger partial charge is 0.313 e. The molecule has 1 rings (SSSR count). The molecule has 0 aromatic heterocycles. The molecule has 0 aromatic rings. The summed E-state index contributed by atoms with van der Waals surface area (Å²) in [6.07, 6.45) is 0.325. The predicted octanol–water partition coefficient (Wildman–Crippen LogP) is -0.820. The molecule has 1 heterocycles. The summed E-state index contributed by atoms with van der Waals surface area (Å²) >= 11 is 0. The lowest BCUT2D eigenvalue weighted by atomic mass is 10.2. The van der Waals surface area contributed by atoms with Crippen LogP contribution in [0.2, 0.25) is 0 Å². The number of sulfonamides is 1. The number of nitrogens with zero attached hydrogens (tertiary/aromatic N) is 1. The molecule has 1 aliphatic rings. The minimum atomic E-state index is -3.43. The van der Waals surface area contributed by atoms with E-state index in [1.165, 1.54) is 0 Å².